The van der Waals surface area contributed by atoms with Crippen molar-refractivity contribution in [1.29, 1.82) is 0 Å². The Balaban J connectivity index is 1.37. The van der Waals surface area contributed by atoms with Gasteiger partial charge in [-0.2, -0.15) is 0 Å². The number of aromatic nitrogens is 4. The fourth-order valence-electron chi connectivity index (χ4n) is 3.39. The van der Waals surface area contributed by atoms with Crippen LogP contribution in [0.15, 0.2) is 42.3 Å². The number of benzene rings is 1. The molecule has 1 aliphatic rings. The van der Waals surface area contributed by atoms with Crippen LogP contribution in [0.1, 0.15) is 6.23 Å². The minimum absolute atomic E-state index is 0.0964. The van der Waals surface area contributed by atoms with Crippen molar-refractivity contribution in [3.05, 3.63) is 42.3 Å². The van der Waals surface area contributed by atoms with Crippen LogP contribution < -0.4 is 10.5 Å². The normalized spacial score (nSPS) is 24.9. The predicted molar refractivity (Wildman–Crippen MR) is 103 cm³/mol. The van der Waals surface area contributed by atoms with Crippen molar-refractivity contribution in [2.75, 3.05) is 12.3 Å². The summed E-state index contributed by atoms with van der Waals surface area (Å²) < 4.78 is 14.4. The Morgan fingerprint density at radius 3 is 2.93 bits per heavy atom. The van der Waals surface area contributed by atoms with Crippen LogP contribution in [-0.4, -0.2) is 54.7 Å². The molecule has 1 aliphatic heterocycles. The van der Waals surface area contributed by atoms with Crippen LogP contribution in [0.4, 0.5) is 5.82 Å². The zero-order chi connectivity index (χ0) is 19.3. The number of nitrogen functional groups attached to an aromatic ring is 1. The maximum absolute atomic E-state index is 10.5. The predicted octanol–water partition coefficient (Wildman–Crippen LogP) is 1.32. The SMILES string of the molecule is Nc1ncnc2c1ncn2[C@@H]1O[C@H](COc2csc3ccccc23)[C@@H](O)[C@H]1O. The largest absolute Gasteiger partial charge is 0.489 e. The number of anilines is 1. The molecule has 0 bridgehead atoms. The molecule has 4 heterocycles. The van der Waals surface area contributed by atoms with E-state index in [2.05, 4.69) is 15.0 Å². The van der Waals surface area contributed by atoms with Crippen LogP contribution in [0, 0.1) is 0 Å². The zero-order valence-electron chi connectivity index (χ0n) is 14.5. The van der Waals surface area contributed by atoms with Gasteiger partial charge in [-0.25, -0.2) is 15.0 Å². The molecule has 1 fully saturated rings. The smallest absolute Gasteiger partial charge is 0.167 e. The second kappa shape index (κ2) is 6.67. The van der Waals surface area contributed by atoms with Gasteiger partial charge in [0.2, 0.25) is 0 Å². The Bertz CT molecular complexity index is 1150. The molecular formula is C18H17N5O4S. The van der Waals surface area contributed by atoms with Gasteiger partial charge in [0.25, 0.3) is 0 Å². The Morgan fingerprint density at radius 2 is 2.04 bits per heavy atom. The third kappa shape index (κ3) is 2.69. The van der Waals surface area contributed by atoms with E-state index in [0.29, 0.717) is 11.2 Å². The van der Waals surface area contributed by atoms with Gasteiger partial charge in [-0.15, -0.1) is 11.3 Å². The number of imidazole rings is 1. The first kappa shape index (κ1) is 17.3. The summed E-state index contributed by atoms with van der Waals surface area (Å²) in [7, 11) is 0. The van der Waals surface area contributed by atoms with Crippen molar-refractivity contribution in [3.8, 4) is 5.75 Å². The van der Waals surface area contributed by atoms with Gasteiger partial charge < -0.3 is 25.4 Å². The fraction of sp³-hybridized carbons (Fsp3) is 0.278. The monoisotopic (exact) mass is 399 g/mol. The highest BCUT2D eigenvalue weighted by Gasteiger charge is 2.44. The van der Waals surface area contributed by atoms with Gasteiger partial charge in [-0.3, -0.25) is 4.57 Å². The summed E-state index contributed by atoms with van der Waals surface area (Å²) in [5.74, 6) is 0.962. The molecule has 28 heavy (non-hydrogen) atoms. The van der Waals surface area contributed by atoms with Gasteiger partial charge in [0.05, 0.1) is 6.33 Å². The summed E-state index contributed by atoms with van der Waals surface area (Å²) >= 11 is 1.58. The first-order valence-electron chi connectivity index (χ1n) is 8.67. The van der Waals surface area contributed by atoms with Gasteiger partial charge in [-0.1, -0.05) is 12.1 Å². The highest BCUT2D eigenvalue weighted by molar-refractivity contribution is 7.17. The van der Waals surface area contributed by atoms with Crippen molar-refractivity contribution in [1.82, 2.24) is 19.5 Å². The van der Waals surface area contributed by atoms with Gasteiger partial charge in [0.1, 0.15) is 42.5 Å². The average Bonchev–Trinajstić information content (AvgIpc) is 3.39. The molecule has 0 aliphatic carbocycles. The number of hydrogen-bond donors (Lipinski definition) is 3. The van der Waals surface area contributed by atoms with Crippen molar-refractivity contribution >= 4 is 38.4 Å². The summed E-state index contributed by atoms with van der Waals surface area (Å²) in [6, 6.07) is 7.91. The quantitative estimate of drug-likeness (QED) is 0.469. The minimum Gasteiger partial charge on any atom is -0.489 e. The minimum atomic E-state index is -1.17. The van der Waals surface area contributed by atoms with Gasteiger partial charge in [0, 0.05) is 15.5 Å². The molecular weight excluding hydrogens is 382 g/mol. The lowest BCUT2D eigenvalue weighted by molar-refractivity contribution is -0.0472. The standard InChI is InChI=1S/C18H17N5O4S/c19-16-13-17(21-7-20-16)23(8-22-13)18-15(25)14(24)10(27-18)5-26-11-6-28-12-4-2-1-3-9(11)12/h1-4,6-8,10,14-15,18,24-25H,5H2,(H2,19,20,21)/t10-,14-,15-,18-/m1/s1. The zero-order valence-corrected chi connectivity index (χ0v) is 15.4. The number of nitrogens with two attached hydrogens (primary N) is 1. The molecule has 10 heteroatoms. The summed E-state index contributed by atoms with van der Waals surface area (Å²) in [5, 5.41) is 23.9. The molecule has 144 valence electrons. The lowest BCUT2D eigenvalue weighted by atomic mass is 10.1. The summed E-state index contributed by atoms with van der Waals surface area (Å²) in [5.41, 5.74) is 6.65. The fourth-order valence-corrected chi connectivity index (χ4v) is 4.27. The Morgan fingerprint density at radius 1 is 1.18 bits per heavy atom. The summed E-state index contributed by atoms with van der Waals surface area (Å²) in [6.45, 7) is 0.0964. The number of aliphatic hydroxyl groups is 2. The van der Waals surface area contributed by atoms with Crippen molar-refractivity contribution in [2.45, 2.75) is 24.5 Å². The number of ether oxygens (including phenoxy) is 2. The van der Waals surface area contributed by atoms with Crippen molar-refractivity contribution in [2.24, 2.45) is 0 Å². The number of fused-ring (bicyclic) bond motifs is 2. The van der Waals surface area contributed by atoms with E-state index >= 15 is 0 Å². The molecule has 0 amide bonds. The Hall–Kier alpha value is -2.79. The lowest BCUT2D eigenvalue weighted by Gasteiger charge is -2.16. The number of hydrogen-bond acceptors (Lipinski definition) is 9. The molecule has 5 rings (SSSR count). The van der Waals surface area contributed by atoms with E-state index in [1.54, 1.807) is 15.9 Å². The van der Waals surface area contributed by atoms with E-state index in [0.717, 1.165) is 15.8 Å². The van der Waals surface area contributed by atoms with Crippen LogP contribution in [0.3, 0.4) is 0 Å². The highest BCUT2D eigenvalue weighted by Crippen LogP contribution is 2.35. The van der Waals surface area contributed by atoms with Crippen LogP contribution in [0.5, 0.6) is 5.75 Å². The van der Waals surface area contributed by atoms with Crippen LogP contribution in [-0.2, 0) is 4.74 Å². The summed E-state index contributed by atoms with van der Waals surface area (Å²) in [6.07, 6.45) is -1.08. The maximum atomic E-state index is 10.5. The Labute approximate surface area is 163 Å². The molecule has 3 aromatic heterocycles. The molecule has 4 aromatic rings. The highest BCUT2D eigenvalue weighted by atomic mass is 32.1. The van der Waals surface area contributed by atoms with E-state index in [1.807, 2.05) is 29.6 Å². The average molecular weight is 399 g/mol. The van der Waals surface area contributed by atoms with Crippen LogP contribution in [0.2, 0.25) is 0 Å². The number of thiophene rings is 1. The van der Waals surface area contributed by atoms with E-state index in [4.69, 9.17) is 15.2 Å². The molecule has 0 spiro atoms. The molecule has 1 saturated heterocycles. The molecule has 0 radical (unpaired) electrons. The molecule has 1 aromatic carbocycles. The molecule has 9 nitrogen and oxygen atoms in total. The van der Waals surface area contributed by atoms with Crippen LogP contribution in [0.25, 0.3) is 21.3 Å². The number of rotatable bonds is 4. The topological polar surface area (TPSA) is 129 Å². The van der Waals surface area contributed by atoms with E-state index in [9.17, 15) is 10.2 Å². The first-order valence-corrected chi connectivity index (χ1v) is 9.55. The third-order valence-electron chi connectivity index (χ3n) is 4.85. The van der Waals surface area contributed by atoms with Crippen LogP contribution >= 0.6 is 11.3 Å². The first-order chi connectivity index (χ1) is 13.6. The number of aliphatic hydroxyl groups excluding tert-OH is 2. The third-order valence-corrected chi connectivity index (χ3v) is 5.79. The van der Waals surface area contributed by atoms with Gasteiger partial charge in [-0.05, 0) is 12.1 Å². The maximum Gasteiger partial charge on any atom is 0.167 e. The second-order valence-electron chi connectivity index (χ2n) is 6.54. The molecule has 4 atom stereocenters. The second-order valence-corrected chi connectivity index (χ2v) is 7.45. The lowest BCUT2D eigenvalue weighted by Crippen LogP contribution is -2.34. The van der Waals surface area contributed by atoms with Crippen molar-refractivity contribution in [3.63, 3.8) is 0 Å². The van der Waals surface area contributed by atoms with E-state index in [-0.39, 0.29) is 12.4 Å². The molecule has 4 N–H and O–H groups in total. The van der Waals surface area contributed by atoms with E-state index < -0.39 is 24.5 Å². The Kier molecular flexibility index (Phi) is 4.13. The van der Waals surface area contributed by atoms with Gasteiger partial charge >= 0.3 is 0 Å². The summed E-state index contributed by atoms with van der Waals surface area (Å²) in [4.78, 5) is 12.2. The molecule has 0 saturated carbocycles. The molecule has 0 unspecified atom stereocenters. The van der Waals surface area contributed by atoms with Crippen molar-refractivity contribution < 1.29 is 19.7 Å². The number of nitrogens with zero attached hydrogens (tertiary/aromatic N) is 4. The van der Waals surface area contributed by atoms with E-state index in [1.165, 1.54) is 12.7 Å². The van der Waals surface area contributed by atoms with Gasteiger partial charge in [0.15, 0.2) is 17.7 Å².